The Labute approximate surface area is 110 Å². The summed E-state index contributed by atoms with van der Waals surface area (Å²) >= 11 is 1.40. The third-order valence-corrected chi connectivity index (χ3v) is 3.36. The lowest BCUT2D eigenvalue weighted by Crippen LogP contribution is -2.21. The zero-order valence-electron chi connectivity index (χ0n) is 10.4. The molecule has 0 saturated heterocycles. The van der Waals surface area contributed by atoms with E-state index in [1.54, 1.807) is 0 Å². The van der Waals surface area contributed by atoms with Gasteiger partial charge in [0, 0.05) is 10.9 Å². The number of rotatable bonds is 3. The fourth-order valence-corrected chi connectivity index (χ4v) is 2.36. The maximum absolute atomic E-state index is 11.2. The highest BCUT2D eigenvalue weighted by molar-refractivity contribution is 7.14. The van der Waals surface area contributed by atoms with Crippen LogP contribution in [0.15, 0.2) is 23.6 Å². The summed E-state index contributed by atoms with van der Waals surface area (Å²) in [5.41, 5.74) is 9.59. The molecule has 1 heterocycles. The van der Waals surface area contributed by atoms with Crippen molar-refractivity contribution in [2.45, 2.75) is 13.8 Å². The van der Waals surface area contributed by atoms with Gasteiger partial charge in [-0.25, -0.2) is 4.98 Å². The molecule has 0 spiro atoms. The topological polar surface area (TPSA) is 68.0 Å². The van der Waals surface area contributed by atoms with Crippen molar-refractivity contribution in [1.29, 1.82) is 0 Å². The molecular formula is C13H15N3OS. The Hall–Kier alpha value is -1.72. The molecule has 0 radical (unpaired) electrons. The molecule has 0 unspecified atom stereocenters. The highest BCUT2D eigenvalue weighted by Crippen LogP contribution is 2.28. The number of carbonyl (C=O) groups excluding carboxylic acids is 1. The quantitative estimate of drug-likeness (QED) is 0.891. The van der Waals surface area contributed by atoms with Gasteiger partial charge in [0.1, 0.15) is 0 Å². The van der Waals surface area contributed by atoms with E-state index in [2.05, 4.69) is 28.5 Å². The second-order valence-corrected chi connectivity index (χ2v) is 4.97. The van der Waals surface area contributed by atoms with Crippen molar-refractivity contribution in [2.24, 2.45) is 5.73 Å². The van der Waals surface area contributed by atoms with E-state index in [0.29, 0.717) is 5.13 Å². The van der Waals surface area contributed by atoms with Gasteiger partial charge >= 0.3 is 0 Å². The van der Waals surface area contributed by atoms with Crippen LogP contribution in [0.3, 0.4) is 0 Å². The maximum Gasteiger partial charge on any atom is 0.239 e. The molecule has 0 bridgehead atoms. The number of anilines is 1. The molecule has 3 N–H and O–H groups in total. The number of amides is 1. The maximum atomic E-state index is 11.2. The fraction of sp³-hybridized carbons (Fsp3) is 0.231. The number of hydrogen-bond donors (Lipinski definition) is 2. The summed E-state index contributed by atoms with van der Waals surface area (Å²) in [6.07, 6.45) is 0. The van der Waals surface area contributed by atoms with Crippen molar-refractivity contribution in [1.82, 2.24) is 4.98 Å². The van der Waals surface area contributed by atoms with Crippen LogP contribution in [0.1, 0.15) is 11.1 Å². The van der Waals surface area contributed by atoms with Crippen molar-refractivity contribution in [3.8, 4) is 11.3 Å². The summed E-state index contributed by atoms with van der Waals surface area (Å²) in [4.78, 5) is 15.6. The van der Waals surface area contributed by atoms with Gasteiger partial charge in [-0.15, -0.1) is 11.3 Å². The number of nitrogens with two attached hydrogens (primary N) is 1. The number of thiazole rings is 1. The lowest BCUT2D eigenvalue weighted by atomic mass is 10.0. The lowest BCUT2D eigenvalue weighted by Gasteiger charge is -2.03. The predicted molar refractivity (Wildman–Crippen MR) is 74.7 cm³/mol. The number of hydrogen-bond acceptors (Lipinski definition) is 4. The van der Waals surface area contributed by atoms with Gasteiger partial charge in [-0.2, -0.15) is 0 Å². The minimum absolute atomic E-state index is 0.0294. The van der Waals surface area contributed by atoms with Gasteiger partial charge in [-0.3, -0.25) is 4.79 Å². The predicted octanol–water partition coefficient (Wildman–Crippen LogP) is 2.32. The number of aryl methyl sites for hydroxylation is 2. The minimum atomic E-state index is -0.225. The summed E-state index contributed by atoms with van der Waals surface area (Å²) < 4.78 is 0. The summed E-state index contributed by atoms with van der Waals surface area (Å²) in [6.45, 7) is 4.07. The number of nitrogens with zero attached hydrogens (tertiary/aromatic N) is 1. The minimum Gasteiger partial charge on any atom is -0.322 e. The number of benzene rings is 1. The van der Waals surface area contributed by atoms with Gasteiger partial charge in [-0.1, -0.05) is 17.7 Å². The van der Waals surface area contributed by atoms with E-state index in [9.17, 15) is 4.79 Å². The molecule has 0 aliphatic heterocycles. The molecular weight excluding hydrogens is 246 g/mol. The van der Waals surface area contributed by atoms with E-state index in [1.807, 2.05) is 19.2 Å². The zero-order chi connectivity index (χ0) is 13.1. The van der Waals surface area contributed by atoms with Gasteiger partial charge < -0.3 is 11.1 Å². The molecule has 0 fully saturated rings. The smallest absolute Gasteiger partial charge is 0.239 e. The number of carbonyl (C=O) groups is 1. The van der Waals surface area contributed by atoms with Crippen LogP contribution >= 0.6 is 11.3 Å². The number of nitrogens with one attached hydrogen (secondary N) is 1. The van der Waals surface area contributed by atoms with Crippen LogP contribution in [0.2, 0.25) is 0 Å². The molecule has 1 aromatic carbocycles. The molecule has 5 heteroatoms. The van der Waals surface area contributed by atoms with Gasteiger partial charge in [0.15, 0.2) is 5.13 Å². The van der Waals surface area contributed by atoms with Crippen molar-refractivity contribution < 1.29 is 4.79 Å². The molecule has 1 amide bonds. The van der Waals surface area contributed by atoms with Crippen LogP contribution in [0.25, 0.3) is 11.3 Å². The summed E-state index contributed by atoms with van der Waals surface area (Å²) in [5.74, 6) is -0.225. The van der Waals surface area contributed by atoms with Crippen LogP contribution in [0, 0.1) is 13.8 Å². The Kier molecular flexibility index (Phi) is 3.74. The third-order valence-electron chi connectivity index (χ3n) is 2.60. The van der Waals surface area contributed by atoms with Crippen molar-refractivity contribution in [3.05, 3.63) is 34.7 Å². The van der Waals surface area contributed by atoms with Crippen molar-refractivity contribution in [2.75, 3.05) is 11.9 Å². The van der Waals surface area contributed by atoms with Crippen LogP contribution in [-0.2, 0) is 4.79 Å². The van der Waals surface area contributed by atoms with Crippen LogP contribution in [0.4, 0.5) is 5.13 Å². The van der Waals surface area contributed by atoms with Crippen molar-refractivity contribution in [3.63, 3.8) is 0 Å². The summed E-state index contributed by atoms with van der Waals surface area (Å²) in [5, 5.41) is 5.18. The molecule has 2 rings (SSSR count). The summed E-state index contributed by atoms with van der Waals surface area (Å²) in [7, 11) is 0. The first-order chi connectivity index (χ1) is 8.60. The average Bonchev–Trinajstić information content (AvgIpc) is 2.80. The Morgan fingerprint density at radius 1 is 1.44 bits per heavy atom. The Morgan fingerprint density at radius 2 is 2.22 bits per heavy atom. The molecule has 18 heavy (non-hydrogen) atoms. The second kappa shape index (κ2) is 5.29. The van der Waals surface area contributed by atoms with E-state index in [-0.39, 0.29) is 12.5 Å². The van der Waals surface area contributed by atoms with E-state index in [1.165, 1.54) is 22.5 Å². The molecule has 0 aliphatic carbocycles. The standard InChI is InChI=1S/C13H15N3OS/c1-8-3-4-9(2)10(5-8)11-7-18-13(15-11)16-12(17)6-14/h3-5,7H,6,14H2,1-2H3,(H,15,16,17). The summed E-state index contributed by atoms with van der Waals surface area (Å²) in [6, 6.07) is 6.24. The van der Waals surface area contributed by atoms with Gasteiger partial charge in [0.05, 0.1) is 12.2 Å². The molecule has 0 aliphatic rings. The van der Waals surface area contributed by atoms with E-state index in [0.717, 1.165) is 11.3 Å². The largest absolute Gasteiger partial charge is 0.322 e. The number of aromatic nitrogens is 1. The highest BCUT2D eigenvalue weighted by atomic mass is 32.1. The molecule has 2 aromatic rings. The molecule has 94 valence electrons. The van der Waals surface area contributed by atoms with E-state index >= 15 is 0 Å². The first-order valence-corrected chi connectivity index (χ1v) is 6.51. The lowest BCUT2D eigenvalue weighted by molar-refractivity contribution is -0.114. The van der Waals surface area contributed by atoms with Gasteiger partial charge in [0.2, 0.25) is 5.91 Å². The van der Waals surface area contributed by atoms with Gasteiger partial charge in [0.25, 0.3) is 0 Å². The molecule has 0 saturated carbocycles. The SMILES string of the molecule is Cc1ccc(C)c(-c2csc(NC(=O)CN)n2)c1. The fourth-order valence-electron chi connectivity index (χ4n) is 1.64. The average molecular weight is 261 g/mol. The molecule has 0 atom stereocenters. The molecule has 1 aromatic heterocycles. The Balaban J connectivity index is 2.29. The van der Waals surface area contributed by atoms with E-state index in [4.69, 9.17) is 5.73 Å². The van der Waals surface area contributed by atoms with Gasteiger partial charge in [-0.05, 0) is 25.5 Å². The third kappa shape index (κ3) is 2.75. The van der Waals surface area contributed by atoms with Crippen LogP contribution in [-0.4, -0.2) is 17.4 Å². The molecule has 4 nitrogen and oxygen atoms in total. The Morgan fingerprint density at radius 3 is 2.94 bits per heavy atom. The second-order valence-electron chi connectivity index (χ2n) is 4.11. The normalized spacial score (nSPS) is 10.4. The van der Waals surface area contributed by atoms with Crippen molar-refractivity contribution >= 4 is 22.4 Å². The first kappa shape index (κ1) is 12.7. The highest BCUT2D eigenvalue weighted by Gasteiger charge is 2.09. The monoisotopic (exact) mass is 261 g/mol. The zero-order valence-corrected chi connectivity index (χ0v) is 11.2. The Bertz CT molecular complexity index is 577. The first-order valence-electron chi connectivity index (χ1n) is 5.63. The van der Waals surface area contributed by atoms with E-state index < -0.39 is 0 Å². The van der Waals surface area contributed by atoms with Crippen LogP contribution in [0.5, 0.6) is 0 Å². The van der Waals surface area contributed by atoms with Crippen LogP contribution < -0.4 is 11.1 Å².